The van der Waals surface area contributed by atoms with Crippen LogP contribution >= 0.6 is 27.5 Å². The van der Waals surface area contributed by atoms with Crippen LogP contribution in [0.4, 0.5) is 0 Å². The van der Waals surface area contributed by atoms with E-state index in [0.29, 0.717) is 17.1 Å². The first-order valence-corrected chi connectivity index (χ1v) is 6.19. The third-order valence-corrected chi connectivity index (χ3v) is 3.22. The van der Waals surface area contributed by atoms with E-state index in [0.717, 1.165) is 10.0 Å². The Kier molecular flexibility index (Phi) is 3.86. The number of halogens is 2. The average molecular weight is 314 g/mol. The first-order valence-electron chi connectivity index (χ1n) is 5.02. The molecule has 0 radical (unpaired) electrons. The van der Waals surface area contributed by atoms with Gasteiger partial charge in [0.2, 0.25) is 0 Å². The minimum absolute atomic E-state index is 0.152. The molecule has 0 atom stereocenters. The molecule has 0 saturated carbocycles. The zero-order valence-electron chi connectivity index (χ0n) is 8.84. The van der Waals surface area contributed by atoms with Crippen molar-refractivity contribution in [3.05, 3.63) is 57.3 Å². The van der Waals surface area contributed by atoms with Crippen molar-refractivity contribution in [2.24, 2.45) is 0 Å². The van der Waals surface area contributed by atoms with Crippen molar-refractivity contribution in [3.63, 3.8) is 0 Å². The fourth-order valence-electron chi connectivity index (χ4n) is 1.42. The standard InChI is InChI=1S/C12H10BrClN2O/c13-11-2-1-9(14)5-10(11)12(17)16-7-8-3-4-15-6-8/h1-6,15H,7H2,(H,16,17). The van der Waals surface area contributed by atoms with Gasteiger partial charge in [0.1, 0.15) is 0 Å². The third kappa shape index (κ3) is 3.11. The molecule has 2 N–H and O–H groups in total. The maximum absolute atomic E-state index is 11.9. The highest BCUT2D eigenvalue weighted by molar-refractivity contribution is 9.10. The molecule has 88 valence electrons. The van der Waals surface area contributed by atoms with E-state index in [1.54, 1.807) is 18.2 Å². The molecule has 0 saturated heterocycles. The van der Waals surface area contributed by atoms with E-state index in [-0.39, 0.29) is 5.91 Å². The number of hydrogen-bond donors (Lipinski definition) is 2. The molecule has 1 aromatic heterocycles. The van der Waals surface area contributed by atoms with Gasteiger partial charge < -0.3 is 10.3 Å². The molecular weight excluding hydrogens is 304 g/mol. The van der Waals surface area contributed by atoms with Crippen LogP contribution in [-0.2, 0) is 6.54 Å². The van der Waals surface area contributed by atoms with Crippen molar-refractivity contribution in [1.29, 1.82) is 0 Å². The molecule has 3 nitrogen and oxygen atoms in total. The highest BCUT2D eigenvalue weighted by Gasteiger charge is 2.10. The van der Waals surface area contributed by atoms with Crippen LogP contribution in [0.5, 0.6) is 0 Å². The molecule has 0 aliphatic heterocycles. The van der Waals surface area contributed by atoms with Gasteiger partial charge in [-0.15, -0.1) is 0 Å². The number of benzene rings is 1. The molecule has 1 amide bonds. The van der Waals surface area contributed by atoms with E-state index >= 15 is 0 Å². The number of carbonyl (C=O) groups excluding carboxylic acids is 1. The SMILES string of the molecule is O=C(NCc1cc[nH]c1)c1cc(Cl)ccc1Br. The Morgan fingerprint density at radius 1 is 1.41 bits per heavy atom. The molecule has 1 aromatic carbocycles. The van der Waals surface area contributed by atoms with Crippen molar-refractivity contribution in [1.82, 2.24) is 10.3 Å². The van der Waals surface area contributed by atoms with Crippen molar-refractivity contribution in [3.8, 4) is 0 Å². The van der Waals surface area contributed by atoms with Crippen molar-refractivity contribution in [2.75, 3.05) is 0 Å². The number of amides is 1. The normalized spacial score (nSPS) is 10.2. The summed E-state index contributed by atoms with van der Waals surface area (Å²) < 4.78 is 0.730. The highest BCUT2D eigenvalue weighted by atomic mass is 79.9. The van der Waals surface area contributed by atoms with E-state index in [9.17, 15) is 4.79 Å². The van der Waals surface area contributed by atoms with Gasteiger partial charge in [-0.05, 0) is 45.8 Å². The molecule has 0 fully saturated rings. The minimum Gasteiger partial charge on any atom is -0.367 e. The van der Waals surface area contributed by atoms with E-state index in [2.05, 4.69) is 26.2 Å². The molecule has 0 aliphatic carbocycles. The fourth-order valence-corrected chi connectivity index (χ4v) is 2.02. The second-order valence-corrected chi connectivity index (χ2v) is 4.82. The molecule has 0 aliphatic rings. The van der Waals surface area contributed by atoms with Crippen LogP contribution < -0.4 is 5.32 Å². The Morgan fingerprint density at radius 3 is 2.94 bits per heavy atom. The van der Waals surface area contributed by atoms with Crippen LogP contribution in [0.2, 0.25) is 5.02 Å². The number of rotatable bonds is 3. The smallest absolute Gasteiger partial charge is 0.252 e. The summed E-state index contributed by atoms with van der Waals surface area (Å²) in [6, 6.07) is 7.04. The Labute approximate surface area is 112 Å². The van der Waals surface area contributed by atoms with Crippen LogP contribution in [0.3, 0.4) is 0 Å². The molecule has 5 heteroatoms. The number of aromatic nitrogens is 1. The van der Waals surface area contributed by atoms with Gasteiger partial charge >= 0.3 is 0 Å². The van der Waals surface area contributed by atoms with Gasteiger partial charge in [-0.2, -0.15) is 0 Å². The Balaban J connectivity index is 2.07. The maximum Gasteiger partial charge on any atom is 0.252 e. The lowest BCUT2D eigenvalue weighted by atomic mass is 10.2. The van der Waals surface area contributed by atoms with Gasteiger partial charge in [0.25, 0.3) is 5.91 Å². The predicted molar refractivity (Wildman–Crippen MR) is 71.1 cm³/mol. The summed E-state index contributed by atoms with van der Waals surface area (Å²) in [5, 5.41) is 3.36. The first-order chi connectivity index (χ1) is 8.16. The average Bonchev–Trinajstić information content (AvgIpc) is 2.82. The second kappa shape index (κ2) is 5.38. The summed E-state index contributed by atoms with van der Waals surface area (Å²) in [4.78, 5) is 14.8. The topological polar surface area (TPSA) is 44.9 Å². The zero-order valence-corrected chi connectivity index (χ0v) is 11.2. The molecule has 0 spiro atoms. The first kappa shape index (κ1) is 12.2. The number of nitrogens with one attached hydrogen (secondary N) is 2. The summed E-state index contributed by atoms with van der Waals surface area (Å²) >= 11 is 9.18. The van der Waals surface area contributed by atoms with Gasteiger partial charge in [-0.25, -0.2) is 0 Å². The molecule has 0 bridgehead atoms. The maximum atomic E-state index is 11.9. The van der Waals surface area contributed by atoms with Crippen LogP contribution in [0.25, 0.3) is 0 Å². The second-order valence-electron chi connectivity index (χ2n) is 3.53. The Morgan fingerprint density at radius 2 is 2.24 bits per heavy atom. The molecule has 2 rings (SSSR count). The summed E-state index contributed by atoms with van der Waals surface area (Å²) in [5.41, 5.74) is 1.56. The summed E-state index contributed by atoms with van der Waals surface area (Å²) in [6.45, 7) is 0.487. The Hall–Kier alpha value is -1.26. The number of carbonyl (C=O) groups is 1. The lowest BCUT2D eigenvalue weighted by molar-refractivity contribution is 0.0950. The quantitative estimate of drug-likeness (QED) is 0.896. The van der Waals surface area contributed by atoms with Crippen molar-refractivity contribution >= 4 is 33.4 Å². The van der Waals surface area contributed by atoms with Crippen LogP contribution in [-0.4, -0.2) is 10.9 Å². The summed E-state index contributed by atoms with van der Waals surface area (Å²) in [6.07, 6.45) is 3.66. The molecule has 1 heterocycles. The van der Waals surface area contributed by atoms with Crippen molar-refractivity contribution < 1.29 is 4.79 Å². The Bertz CT molecular complexity index is 525. The largest absolute Gasteiger partial charge is 0.367 e. The molecule has 0 unspecified atom stereocenters. The fraction of sp³-hybridized carbons (Fsp3) is 0.0833. The highest BCUT2D eigenvalue weighted by Crippen LogP contribution is 2.21. The third-order valence-electron chi connectivity index (χ3n) is 2.29. The number of H-pyrrole nitrogens is 1. The zero-order chi connectivity index (χ0) is 12.3. The van der Waals surface area contributed by atoms with Crippen LogP contribution in [0.1, 0.15) is 15.9 Å². The van der Waals surface area contributed by atoms with Gasteiger partial charge in [0.15, 0.2) is 0 Å². The van der Waals surface area contributed by atoms with E-state index < -0.39 is 0 Å². The van der Waals surface area contributed by atoms with E-state index in [1.165, 1.54) is 0 Å². The van der Waals surface area contributed by atoms with Gasteiger partial charge in [-0.1, -0.05) is 11.6 Å². The molecule has 2 aromatic rings. The summed E-state index contributed by atoms with van der Waals surface area (Å²) in [5.74, 6) is -0.152. The van der Waals surface area contributed by atoms with E-state index in [1.807, 2.05) is 18.5 Å². The molecular formula is C12H10BrClN2O. The summed E-state index contributed by atoms with van der Waals surface area (Å²) in [7, 11) is 0. The lowest BCUT2D eigenvalue weighted by Gasteiger charge is -2.06. The van der Waals surface area contributed by atoms with Gasteiger partial charge in [-0.3, -0.25) is 4.79 Å². The van der Waals surface area contributed by atoms with Gasteiger partial charge in [0.05, 0.1) is 5.56 Å². The van der Waals surface area contributed by atoms with E-state index in [4.69, 9.17) is 11.6 Å². The minimum atomic E-state index is -0.152. The molecule has 17 heavy (non-hydrogen) atoms. The van der Waals surface area contributed by atoms with Gasteiger partial charge in [0, 0.05) is 28.4 Å². The predicted octanol–water partition coefficient (Wildman–Crippen LogP) is 3.36. The van der Waals surface area contributed by atoms with Crippen LogP contribution in [0.15, 0.2) is 41.1 Å². The number of hydrogen-bond acceptors (Lipinski definition) is 1. The van der Waals surface area contributed by atoms with Crippen LogP contribution in [0, 0.1) is 0 Å². The lowest BCUT2D eigenvalue weighted by Crippen LogP contribution is -2.22. The van der Waals surface area contributed by atoms with Crippen molar-refractivity contribution in [2.45, 2.75) is 6.54 Å². The number of aromatic amines is 1. The monoisotopic (exact) mass is 312 g/mol.